The first-order valence-corrected chi connectivity index (χ1v) is 4.26. The molecule has 0 aromatic heterocycles. The Labute approximate surface area is 63.0 Å². The molecule has 0 radical (unpaired) electrons. The number of epoxide rings is 1. The van der Waals surface area contributed by atoms with Crippen molar-refractivity contribution in [3.8, 4) is 0 Å². The van der Waals surface area contributed by atoms with Gasteiger partial charge in [-0.1, -0.05) is 13.8 Å². The minimum atomic E-state index is 0.366. The van der Waals surface area contributed by atoms with E-state index in [0.717, 1.165) is 19.7 Å². The summed E-state index contributed by atoms with van der Waals surface area (Å²) in [6.07, 6.45) is 2.46. The van der Waals surface area contributed by atoms with E-state index in [-0.39, 0.29) is 0 Å². The molecule has 0 aromatic rings. The third-order valence-electron chi connectivity index (χ3n) is 2.07. The molecule has 0 aromatic carbocycles. The van der Waals surface area contributed by atoms with Gasteiger partial charge >= 0.3 is 0 Å². The van der Waals surface area contributed by atoms with Crippen molar-refractivity contribution in [3.05, 3.63) is 0 Å². The van der Waals surface area contributed by atoms with Gasteiger partial charge in [0.25, 0.3) is 0 Å². The molecule has 2 saturated heterocycles. The van der Waals surface area contributed by atoms with E-state index >= 15 is 0 Å². The van der Waals surface area contributed by atoms with Crippen LogP contribution in [0.4, 0.5) is 0 Å². The maximum Gasteiger partial charge on any atom is 0.0940 e. The monoisotopic (exact) mass is 143 g/mol. The highest BCUT2D eigenvalue weighted by Gasteiger charge is 2.44. The number of hydrogen-bond acceptors (Lipinski definition) is 2. The first-order chi connectivity index (χ1) is 4.91. The molecule has 0 saturated carbocycles. The predicted octanol–water partition coefficient (Wildman–Crippen LogP) is 1.16. The molecule has 2 nitrogen and oxygen atoms in total. The van der Waals surface area contributed by atoms with Gasteiger partial charge in [-0.2, -0.15) is 0 Å². The molecule has 0 atom stereocenters. The van der Waals surface area contributed by atoms with Gasteiger partial charge in [0, 0.05) is 0 Å². The molecule has 2 heterocycles. The summed E-state index contributed by atoms with van der Waals surface area (Å²) in [5.74, 6) is 0. The van der Waals surface area contributed by atoms with Crippen molar-refractivity contribution < 1.29 is 4.74 Å². The topological polar surface area (TPSA) is 24.6 Å². The largest absolute Gasteiger partial charge is 0.369 e. The SMILES string of the molecule is C1CC2(CCN1)CO2.CC. The van der Waals surface area contributed by atoms with E-state index in [4.69, 9.17) is 4.74 Å². The zero-order valence-corrected chi connectivity index (χ0v) is 6.94. The Morgan fingerprint density at radius 3 is 2.00 bits per heavy atom. The van der Waals surface area contributed by atoms with Gasteiger partial charge in [-0.05, 0) is 25.9 Å². The van der Waals surface area contributed by atoms with E-state index in [1.807, 2.05) is 13.8 Å². The normalized spacial score (nSPS) is 27.0. The van der Waals surface area contributed by atoms with Crippen molar-refractivity contribution >= 4 is 0 Å². The van der Waals surface area contributed by atoms with Gasteiger partial charge < -0.3 is 10.1 Å². The van der Waals surface area contributed by atoms with Gasteiger partial charge in [0.05, 0.1) is 12.2 Å². The van der Waals surface area contributed by atoms with Crippen LogP contribution in [0.3, 0.4) is 0 Å². The number of piperidine rings is 1. The average Bonchev–Trinajstić information content (AvgIpc) is 2.75. The van der Waals surface area contributed by atoms with E-state index < -0.39 is 0 Å². The molecule has 1 N–H and O–H groups in total. The minimum absolute atomic E-state index is 0.366. The van der Waals surface area contributed by atoms with Crippen LogP contribution in [0.1, 0.15) is 26.7 Å². The lowest BCUT2D eigenvalue weighted by Crippen LogP contribution is -2.32. The minimum Gasteiger partial charge on any atom is -0.369 e. The molecule has 2 heteroatoms. The third kappa shape index (κ3) is 1.70. The highest BCUT2D eigenvalue weighted by molar-refractivity contribution is 4.95. The molecule has 0 unspecified atom stereocenters. The Hall–Kier alpha value is -0.0800. The summed E-state index contributed by atoms with van der Waals surface area (Å²) in [5, 5.41) is 3.30. The van der Waals surface area contributed by atoms with E-state index in [0.29, 0.717) is 5.60 Å². The van der Waals surface area contributed by atoms with E-state index in [1.54, 1.807) is 0 Å². The Morgan fingerprint density at radius 2 is 1.70 bits per heavy atom. The maximum absolute atomic E-state index is 5.30. The standard InChI is InChI=1S/C6H11NO.C2H6/c1-3-7-4-2-6(1)5-8-6;1-2/h7H,1-5H2;1-2H3. The van der Waals surface area contributed by atoms with Gasteiger partial charge in [0.15, 0.2) is 0 Å². The summed E-state index contributed by atoms with van der Waals surface area (Å²) < 4.78 is 5.30. The van der Waals surface area contributed by atoms with Gasteiger partial charge in [-0.25, -0.2) is 0 Å². The molecule has 10 heavy (non-hydrogen) atoms. The molecule has 0 bridgehead atoms. The number of rotatable bonds is 0. The fourth-order valence-corrected chi connectivity index (χ4v) is 1.27. The lowest BCUT2D eigenvalue weighted by Gasteiger charge is -2.17. The summed E-state index contributed by atoms with van der Waals surface area (Å²) in [6.45, 7) is 7.33. The van der Waals surface area contributed by atoms with E-state index in [1.165, 1.54) is 12.8 Å². The van der Waals surface area contributed by atoms with Crippen LogP contribution in [0, 0.1) is 0 Å². The quantitative estimate of drug-likeness (QED) is 0.515. The summed E-state index contributed by atoms with van der Waals surface area (Å²) >= 11 is 0. The smallest absolute Gasteiger partial charge is 0.0940 e. The molecule has 1 spiro atoms. The van der Waals surface area contributed by atoms with Crippen molar-refractivity contribution in [1.82, 2.24) is 5.32 Å². The van der Waals surface area contributed by atoms with E-state index in [9.17, 15) is 0 Å². The summed E-state index contributed by atoms with van der Waals surface area (Å²) in [7, 11) is 0. The van der Waals surface area contributed by atoms with Gasteiger partial charge in [-0.15, -0.1) is 0 Å². The van der Waals surface area contributed by atoms with Gasteiger partial charge in [0.2, 0.25) is 0 Å². The van der Waals surface area contributed by atoms with Crippen LogP contribution >= 0.6 is 0 Å². The van der Waals surface area contributed by atoms with Crippen LogP contribution in [0.5, 0.6) is 0 Å². The molecular formula is C8H17NO. The molecule has 2 aliphatic heterocycles. The van der Waals surface area contributed by atoms with Crippen LogP contribution in [0.2, 0.25) is 0 Å². The molecular weight excluding hydrogens is 126 g/mol. The molecule has 2 fully saturated rings. The van der Waals surface area contributed by atoms with Gasteiger partial charge in [-0.3, -0.25) is 0 Å². The van der Waals surface area contributed by atoms with Crippen LogP contribution in [-0.4, -0.2) is 25.3 Å². The Kier molecular flexibility index (Phi) is 2.69. The lowest BCUT2D eigenvalue weighted by molar-refractivity contribution is 0.246. The fraction of sp³-hybridized carbons (Fsp3) is 1.00. The summed E-state index contributed by atoms with van der Waals surface area (Å²) in [4.78, 5) is 0. The first kappa shape index (κ1) is 8.02. The molecule has 0 amide bonds. The van der Waals surface area contributed by atoms with Crippen molar-refractivity contribution in [1.29, 1.82) is 0 Å². The zero-order chi connectivity index (χ0) is 7.45. The lowest BCUT2D eigenvalue weighted by atomic mass is 10.00. The highest BCUT2D eigenvalue weighted by atomic mass is 16.6. The highest BCUT2D eigenvalue weighted by Crippen LogP contribution is 2.35. The predicted molar refractivity (Wildman–Crippen MR) is 42.1 cm³/mol. The van der Waals surface area contributed by atoms with Crippen LogP contribution in [-0.2, 0) is 4.74 Å². The number of nitrogens with one attached hydrogen (secondary N) is 1. The second kappa shape index (κ2) is 3.35. The summed E-state index contributed by atoms with van der Waals surface area (Å²) in [5.41, 5.74) is 0.366. The van der Waals surface area contributed by atoms with Crippen LogP contribution in [0.25, 0.3) is 0 Å². The maximum atomic E-state index is 5.30. The Balaban J connectivity index is 0.000000231. The first-order valence-electron chi connectivity index (χ1n) is 4.26. The van der Waals surface area contributed by atoms with Gasteiger partial charge in [0.1, 0.15) is 0 Å². The van der Waals surface area contributed by atoms with Crippen molar-refractivity contribution in [3.63, 3.8) is 0 Å². The molecule has 2 rings (SSSR count). The molecule has 60 valence electrons. The number of ether oxygens (including phenoxy) is 1. The second-order valence-electron chi connectivity index (χ2n) is 2.72. The Bertz CT molecular complexity index is 91.4. The van der Waals surface area contributed by atoms with Crippen molar-refractivity contribution in [2.45, 2.75) is 32.3 Å². The zero-order valence-electron chi connectivity index (χ0n) is 6.94. The molecule has 2 aliphatic rings. The third-order valence-corrected chi connectivity index (χ3v) is 2.07. The number of hydrogen-bond donors (Lipinski definition) is 1. The Morgan fingerprint density at radius 1 is 1.20 bits per heavy atom. The van der Waals surface area contributed by atoms with Crippen LogP contribution in [0.15, 0.2) is 0 Å². The van der Waals surface area contributed by atoms with Crippen molar-refractivity contribution in [2.75, 3.05) is 19.7 Å². The fourth-order valence-electron chi connectivity index (χ4n) is 1.27. The van der Waals surface area contributed by atoms with Crippen LogP contribution < -0.4 is 5.32 Å². The van der Waals surface area contributed by atoms with E-state index in [2.05, 4.69) is 5.32 Å². The second-order valence-corrected chi connectivity index (χ2v) is 2.72. The van der Waals surface area contributed by atoms with Crippen molar-refractivity contribution in [2.24, 2.45) is 0 Å². The summed E-state index contributed by atoms with van der Waals surface area (Å²) in [6, 6.07) is 0. The molecule has 0 aliphatic carbocycles. The average molecular weight is 143 g/mol.